The number of rotatable bonds is 5. The van der Waals surface area contributed by atoms with Gasteiger partial charge in [-0.15, -0.1) is 0 Å². The van der Waals surface area contributed by atoms with Crippen LogP contribution in [0.3, 0.4) is 0 Å². The van der Waals surface area contributed by atoms with E-state index in [0.717, 1.165) is 12.6 Å². The molecule has 3 heteroatoms. The molecule has 0 aromatic heterocycles. The van der Waals surface area contributed by atoms with Crippen LogP contribution in [0.5, 0.6) is 0 Å². The third kappa shape index (κ3) is 4.57. The molecule has 100 valence electrons. The van der Waals surface area contributed by atoms with Gasteiger partial charge in [-0.05, 0) is 58.2 Å². The Morgan fingerprint density at radius 1 is 1.24 bits per heavy atom. The minimum atomic E-state index is 0.483. The molecule has 2 heterocycles. The van der Waals surface area contributed by atoms with Gasteiger partial charge in [-0.1, -0.05) is 6.42 Å². The molecule has 2 aliphatic rings. The minimum absolute atomic E-state index is 0.483. The van der Waals surface area contributed by atoms with E-state index in [0.29, 0.717) is 6.10 Å². The number of hydrogen-bond donors (Lipinski definition) is 1. The van der Waals surface area contributed by atoms with E-state index in [1.807, 2.05) is 7.11 Å². The lowest BCUT2D eigenvalue weighted by atomic mass is 10.00. The highest BCUT2D eigenvalue weighted by Crippen LogP contribution is 2.15. The van der Waals surface area contributed by atoms with Crippen LogP contribution in [0.25, 0.3) is 0 Å². The van der Waals surface area contributed by atoms with Crippen molar-refractivity contribution in [2.24, 2.45) is 0 Å². The maximum absolute atomic E-state index is 5.46. The smallest absolute Gasteiger partial charge is 0.0698 e. The van der Waals surface area contributed by atoms with Crippen molar-refractivity contribution >= 4 is 0 Å². The van der Waals surface area contributed by atoms with Gasteiger partial charge < -0.3 is 15.0 Å². The Balaban J connectivity index is 1.57. The van der Waals surface area contributed by atoms with Crippen molar-refractivity contribution in [3.63, 3.8) is 0 Å². The number of likely N-dealkylation sites (tertiary alicyclic amines) is 1. The highest BCUT2D eigenvalue weighted by atomic mass is 16.5. The van der Waals surface area contributed by atoms with Crippen LogP contribution in [-0.4, -0.2) is 50.3 Å². The molecule has 0 radical (unpaired) electrons. The average molecular weight is 240 g/mol. The molecule has 2 saturated heterocycles. The number of nitrogens with zero attached hydrogens (tertiary/aromatic N) is 1. The molecule has 0 saturated carbocycles. The van der Waals surface area contributed by atoms with E-state index in [1.165, 1.54) is 64.6 Å². The van der Waals surface area contributed by atoms with Gasteiger partial charge >= 0.3 is 0 Å². The van der Waals surface area contributed by atoms with Crippen LogP contribution in [0.4, 0.5) is 0 Å². The lowest BCUT2D eigenvalue weighted by molar-refractivity contribution is 0.0306. The predicted octanol–water partition coefficient (Wildman–Crippen LogP) is 2.02. The zero-order chi connectivity index (χ0) is 11.9. The Morgan fingerprint density at radius 3 is 2.94 bits per heavy atom. The Labute approximate surface area is 106 Å². The van der Waals surface area contributed by atoms with E-state index < -0.39 is 0 Å². The van der Waals surface area contributed by atoms with Crippen molar-refractivity contribution in [2.45, 2.75) is 57.1 Å². The van der Waals surface area contributed by atoms with Crippen LogP contribution in [0.1, 0.15) is 44.9 Å². The van der Waals surface area contributed by atoms with Gasteiger partial charge in [-0.2, -0.15) is 0 Å². The summed E-state index contributed by atoms with van der Waals surface area (Å²) in [6.45, 7) is 4.92. The summed E-state index contributed by atoms with van der Waals surface area (Å²) in [5.41, 5.74) is 0. The maximum Gasteiger partial charge on any atom is 0.0698 e. The van der Waals surface area contributed by atoms with Crippen molar-refractivity contribution in [3.8, 4) is 0 Å². The number of nitrogens with one attached hydrogen (secondary N) is 1. The van der Waals surface area contributed by atoms with E-state index >= 15 is 0 Å². The second kappa shape index (κ2) is 7.34. The molecule has 2 aliphatic heterocycles. The fourth-order valence-corrected chi connectivity index (χ4v) is 3.14. The van der Waals surface area contributed by atoms with Crippen molar-refractivity contribution in [1.82, 2.24) is 10.2 Å². The molecule has 3 nitrogen and oxygen atoms in total. The molecule has 17 heavy (non-hydrogen) atoms. The van der Waals surface area contributed by atoms with Crippen LogP contribution in [-0.2, 0) is 4.74 Å². The number of hydrogen-bond acceptors (Lipinski definition) is 3. The molecule has 2 fully saturated rings. The summed E-state index contributed by atoms with van der Waals surface area (Å²) in [7, 11) is 1.85. The molecule has 0 bridgehead atoms. The normalized spacial score (nSPS) is 31.6. The van der Waals surface area contributed by atoms with Gasteiger partial charge in [-0.25, -0.2) is 0 Å². The molecule has 0 spiro atoms. The standard InChI is InChI=1S/C14H28N2O/c1-17-14-8-5-11-16(12-14)10-4-7-13-6-2-3-9-15-13/h13-15H,2-12H2,1H3. The van der Waals surface area contributed by atoms with Crippen LogP contribution < -0.4 is 5.32 Å². The van der Waals surface area contributed by atoms with Crippen molar-refractivity contribution < 1.29 is 4.74 Å². The molecule has 0 aliphatic carbocycles. The number of piperidine rings is 2. The molecular formula is C14H28N2O. The first kappa shape index (κ1) is 13.3. The molecular weight excluding hydrogens is 212 g/mol. The zero-order valence-electron chi connectivity index (χ0n) is 11.3. The molecule has 2 rings (SSSR count). The Bertz CT molecular complexity index is 204. The summed E-state index contributed by atoms with van der Waals surface area (Å²) in [6, 6.07) is 0.798. The van der Waals surface area contributed by atoms with Gasteiger partial charge in [0.15, 0.2) is 0 Å². The minimum Gasteiger partial charge on any atom is -0.380 e. The number of methoxy groups -OCH3 is 1. The average Bonchev–Trinajstić information content (AvgIpc) is 2.40. The van der Waals surface area contributed by atoms with Crippen LogP contribution in [0, 0.1) is 0 Å². The third-order valence-electron chi connectivity index (χ3n) is 4.23. The van der Waals surface area contributed by atoms with Crippen molar-refractivity contribution in [3.05, 3.63) is 0 Å². The fourth-order valence-electron chi connectivity index (χ4n) is 3.14. The summed E-state index contributed by atoms with van der Waals surface area (Å²) in [5.74, 6) is 0. The SMILES string of the molecule is COC1CCCN(CCCC2CCCCN2)C1. The van der Waals surface area contributed by atoms with Gasteiger partial charge in [0.1, 0.15) is 0 Å². The summed E-state index contributed by atoms with van der Waals surface area (Å²) in [4.78, 5) is 2.58. The van der Waals surface area contributed by atoms with E-state index in [-0.39, 0.29) is 0 Å². The van der Waals surface area contributed by atoms with Gasteiger partial charge in [-0.3, -0.25) is 0 Å². The number of ether oxygens (including phenoxy) is 1. The third-order valence-corrected chi connectivity index (χ3v) is 4.23. The van der Waals surface area contributed by atoms with Crippen LogP contribution in [0.15, 0.2) is 0 Å². The highest BCUT2D eigenvalue weighted by molar-refractivity contribution is 4.75. The molecule has 0 aromatic carbocycles. The summed E-state index contributed by atoms with van der Waals surface area (Å²) in [6.07, 6.45) is 9.92. The molecule has 0 amide bonds. The quantitative estimate of drug-likeness (QED) is 0.795. The van der Waals surface area contributed by atoms with Gasteiger partial charge in [0.05, 0.1) is 6.10 Å². The highest BCUT2D eigenvalue weighted by Gasteiger charge is 2.19. The van der Waals surface area contributed by atoms with E-state index in [9.17, 15) is 0 Å². The largest absolute Gasteiger partial charge is 0.380 e. The molecule has 0 aromatic rings. The summed E-state index contributed by atoms with van der Waals surface area (Å²) < 4.78 is 5.46. The first-order valence-corrected chi connectivity index (χ1v) is 7.37. The van der Waals surface area contributed by atoms with Gasteiger partial charge in [0.2, 0.25) is 0 Å². The second-order valence-electron chi connectivity index (χ2n) is 5.59. The maximum atomic E-state index is 5.46. The molecule has 2 unspecified atom stereocenters. The lowest BCUT2D eigenvalue weighted by Gasteiger charge is -2.32. The Kier molecular flexibility index (Phi) is 5.75. The van der Waals surface area contributed by atoms with Gasteiger partial charge in [0, 0.05) is 19.7 Å². The Morgan fingerprint density at radius 2 is 2.18 bits per heavy atom. The first-order chi connectivity index (χ1) is 8.38. The van der Waals surface area contributed by atoms with E-state index in [1.54, 1.807) is 0 Å². The van der Waals surface area contributed by atoms with Crippen LogP contribution in [0.2, 0.25) is 0 Å². The van der Waals surface area contributed by atoms with E-state index in [4.69, 9.17) is 4.74 Å². The summed E-state index contributed by atoms with van der Waals surface area (Å²) in [5, 5.41) is 3.63. The Hall–Kier alpha value is -0.120. The second-order valence-corrected chi connectivity index (χ2v) is 5.59. The fraction of sp³-hybridized carbons (Fsp3) is 1.00. The predicted molar refractivity (Wildman–Crippen MR) is 71.3 cm³/mol. The molecule has 1 N–H and O–H groups in total. The van der Waals surface area contributed by atoms with E-state index in [2.05, 4.69) is 10.2 Å². The topological polar surface area (TPSA) is 24.5 Å². The lowest BCUT2D eigenvalue weighted by Crippen LogP contribution is -2.40. The van der Waals surface area contributed by atoms with Crippen LogP contribution >= 0.6 is 0 Å². The summed E-state index contributed by atoms with van der Waals surface area (Å²) >= 11 is 0. The molecule has 2 atom stereocenters. The first-order valence-electron chi connectivity index (χ1n) is 7.37. The zero-order valence-corrected chi connectivity index (χ0v) is 11.3. The van der Waals surface area contributed by atoms with Gasteiger partial charge in [0.25, 0.3) is 0 Å². The monoisotopic (exact) mass is 240 g/mol. The van der Waals surface area contributed by atoms with Crippen molar-refractivity contribution in [1.29, 1.82) is 0 Å². The van der Waals surface area contributed by atoms with Crippen molar-refractivity contribution in [2.75, 3.05) is 33.3 Å².